The average Bonchev–Trinajstić information content (AvgIpc) is 3.55. The molecule has 2 aromatic rings. The average molecular weight is 562 g/mol. The number of ether oxygens (including phenoxy) is 1. The van der Waals surface area contributed by atoms with Gasteiger partial charge in [0.15, 0.2) is 5.60 Å². The van der Waals surface area contributed by atoms with Gasteiger partial charge in [0, 0.05) is 25.1 Å². The Bertz CT molecular complexity index is 1230. The Morgan fingerprint density at radius 2 is 1.95 bits per heavy atom. The number of carbonyl (C=O) groups is 1. The number of carboxylic acids is 1. The van der Waals surface area contributed by atoms with Gasteiger partial charge in [-0.1, -0.05) is 49.6 Å². The molecular weight excluding hydrogens is 523 g/mol. The van der Waals surface area contributed by atoms with Crippen LogP contribution < -0.4 is 9.64 Å². The number of anilines is 1. The van der Waals surface area contributed by atoms with E-state index in [1.54, 1.807) is 19.1 Å². The number of alkyl halides is 3. The highest BCUT2D eigenvalue weighted by Crippen LogP contribution is 2.37. The Balaban J connectivity index is 1.45. The third-order valence-electron chi connectivity index (χ3n) is 7.68. The summed E-state index contributed by atoms with van der Waals surface area (Å²) >= 11 is 0. The second kappa shape index (κ2) is 12.5. The van der Waals surface area contributed by atoms with Crippen LogP contribution in [0.2, 0.25) is 0 Å². The van der Waals surface area contributed by atoms with Crippen molar-refractivity contribution in [2.45, 2.75) is 83.9 Å². The van der Waals surface area contributed by atoms with Crippen LogP contribution in [0.25, 0.3) is 0 Å². The smallest absolute Gasteiger partial charge is 0.412 e. The number of aromatic nitrogens is 2. The molecule has 10 heteroatoms. The molecule has 1 N–H and O–H groups in total. The maximum atomic E-state index is 13.3. The molecule has 1 aromatic carbocycles. The number of halogens is 3. The zero-order valence-electron chi connectivity index (χ0n) is 23.3. The number of benzene rings is 1. The van der Waals surface area contributed by atoms with E-state index in [0.717, 1.165) is 30.4 Å². The summed E-state index contributed by atoms with van der Waals surface area (Å²) in [6.07, 6.45) is 5.64. The van der Waals surface area contributed by atoms with Crippen LogP contribution in [-0.4, -0.2) is 46.1 Å². The van der Waals surface area contributed by atoms with E-state index < -0.39 is 29.2 Å². The molecule has 1 saturated carbocycles. The first kappa shape index (κ1) is 29.7. The topological polar surface area (TPSA) is 88.7 Å². The fourth-order valence-electron chi connectivity index (χ4n) is 5.42. The van der Waals surface area contributed by atoms with Crippen LogP contribution in [0.3, 0.4) is 0 Å². The van der Waals surface area contributed by atoms with E-state index in [0.29, 0.717) is 55.9 Å². The van der Waals surface area contributed by atoms with E-state index in [9.17, 15) is 23.1 Å². The molecule has 2 aliphatic carbocycles. The van der Waals surface area contributed by atoms with Crippen LogP contribution in [0.4, 0.5) is 19.1 Å². The molecule has 1 heterocycles. The highest BCUT2D eigenvalue weighted by molar-refractivity contribution is 5.76. The maximum absolute atomic E-state index is 13.3. The quantitative estimate of drug-likeness (QED) is 0.300. The van der Waals surface area contributed by atoms with E-state index in [1.807, 2.05) is 23.1 Å². The first-order chi connectivity index (χ1) is 18.9. The number of carboxylic acid groups (broad SMARTS) is 1. The minimum Gasteiger partial charge on any atom is -0.478 e. The minimum absolute atomic E-state index is 0.313. The summed E-state index contributed by atoms with van der Waals surface area (Å²) in [6.45, 7) is 5.57. The Hall–Kier alpha value is -3.30. The number of rotatable bonds is 12. The van der Waals surface area contributed by atoms with Crippen LogP contribution in [0.15, 0.2) is 52.1 Å². The van der Waals surface area contributed by atoms with Gasteiger partial charge in [-0.15, -0.1) is 0 Å². The molecular formula is C30H38F3N3O4. The molecule has 0 saturated heterocycles. The molecule has 1 aromatic heterocycles. The summed E-state index contributed by atoms with van der Waals surface area (Å²) in [6, 6.07) is 7.34. The summed E-state index contributed by atoms with van der Waals surface area (Å²) < 4.78 is 51.2. The van der Waals surface area contributed by atoms with Gasteiger partial charge in [0.2, 0.25) is 5.89 Å². The molecule has 40 heavy (non-hydrogen) atoms. The van der Waals surface area contributed by atoms with Crippen molar-refractivity contribution in [3.8, 4) is 5.75 Å². The highest BCUT2D eigenvalue weighted by Gasteiger charge is 2.38. The minimum atomic E-state index is -4.33. The van der Waals surface area contributed by atoms with Crippen LogP contribution in [-0.2, 0) is 17.6 Å². The predicted octanol–water partition coefficient (Wildman–Crippen LogP) is 6.94. The zero-order valence-corrected chi connectivity index (χ0v) is 23.3. The predicted molar refractivity (Wildman–Crippen MR) is 145 cm³/mol. The molecule has 7 nitrogen and oxygen atoms in total. The van der Waals surface area contributed by atoms with Crippen molar-refractivity contribution in [1.82, 2.24) is 10.1 Å². The van der Waals surface area contributed by atoms with Gasteiger partial charge in [-0.2, -0.15) is 18.2 Å². The Morgan fingerprint density at radius 3 is 2.62 bits per heavy atom. The van der Waals surface area contributed by atoms with E-state index in [2.05, 4.69) is 10.1 Å². The van der Waals surface area contributed by atoms with Crippen molar-refractivity contribution in [2.75, 3.05) is 18.0 Å². The van der Waals surface area contributed by atoms with Gasteiger partial charge in [-0.05, 0) is 80.6 Å². The third-order valence-corrected chi connectivity index (χ3v) is 7.68. The molecule has 1 unspecified atom stereocenters. The highest BCUT2D eigenvalue weighted by atomic mass is 19.4. The summed E-state index contributed by atoms with van der Waals surface area (Å²) in [4.78, 5) is 18.1. The van der Waals surface area contributed by atoms with Crippen molar-refractivity contribution < 1.29 is 32.3 Å². The second-order valence-corrected chi connectivity index (χ2v) is 11.5. The molecule has 0 spiro atoms. The SMILES string of the molecule is CC1CC(CN(CCCc2cccc(OC(C)(C)C(=O)O)c2)c2noc(CC3CCCC3)n2)=CC=C1C(F)(F)F. The largest absolute Gasteiger partial charge is 0.478 e. The Morgan fingerprint density at radius 1 is 1.20 bits per heavy atom. The first-order valence-electron chi connectivity index (χ1n) is 14.0. The molecule has 0 radical (unpaired) electrons. The third kappa shape index (κ3) is 7.88. The zero-order chi connectivity index (χ0) is 28.9. The number of hydrogen-bond acceptors (Lipinski definition) is 6. The molecule has 218 valence electrons. The van der Waals surface area contributed by atoms with Crippen LogP contribution in [0, 0.1) is 11.8 Å². The van der Waals surface area contributed by atoms with Gasteiger partial charge in [0.1, 0.15) is 5.75 Å². The van der Waals surface area contributed by atoms with Gasteiger partial charge in [0.25, 0.3) is 5.95 Å². The van der Waals surface area contributed by atoms with Crippen molar-refractivity contribution in [3.05, 3.63) is 59.0 Å². The number of allylic oxidation sites excluding steroid dienone is 3. The Labute approximate surface area is 233 Å². The molecule has 2 aliphatic rings. The van der Waals surface area contributed by atoms with Crippen molar-refractivity contribution >= 4 is 11.9 Å². The summed E-state index contributed by atoms with van der Waals surface area (Å²) in [7, 11) is 0. The number of hydrogen-bond donors (Lipinski definition) is 1. The lowest BCUT2D eigenvalue weighted by molar-refractivity contribution is -0.152. The fraction of sp³-hybridized carbons (Fsp3) is 0.567. The normalized spacial score (nSPS) is 18.4. The molecule has 1 fully saturated rings. The van der Waals surface area contributed by atoms with E-state index in [-0.39, 0.29) is 0 Å². The molecule has 0 bridgehead atoms. The van der Waals surface area contributed by atoms with E-state index in [1.165, 1.54) is 32.8 Å². The van der Waals surface area contributed by atoms with Gasteiger partial charge >= 0.3 is 12.1 Å². The van der Waals surface area contributed by atoms with Crippen molar-refractivity contribution in [2.24, 2.45) is 11.8 Å². The molecule has 4 rings (SSSR count). The van der Waals surface area contributed by atoms with Gasteiger partial charge < -0.3 is 19.3 Å². The summed E-state index contributed by atoms with van der Waals surface area (Å²) in [5.41, 5.74) is 0.00970. The molecule has 0 amide bonds. The Kier molecular flexibility index (Phi) is 9.26. The van der Waals surface area contributed by atoms with Gasteiger partial charge in [-0.3, -0.25) is 0 Å². The van der Waals surface area contributed by atoms with Gasteiger partial charge in [-0.25, -0.2) is 4.79 Å². The lowest BCUT2D eigenvalue weighted by Gasteiger charge is -2.27. The lowest BCUT2D eigenvalue weighted by Crippen LogP contribution is -2.37. The number of nitrogens with zero attached hydrogens (tertiary/aromatic N) is 3. The van der Waals surface area contributed by atoms with E-state index >= 15 is 0 Å². The number of aliphatic carboxylic acids is 1. The van der Waals surface area contributed by atoms with Gasteiger partial charge in [0.05, 0.1) is 0 Å². The first-order valence-corrected chi connectivity index (χ1v) is 14.0. The van der Waals surface area contributed by atoms with Crippen LogP contribution in [0.5, 0.6) is 5.75 Å². The standard InChI is InChI=1S/C30H38F3N3O4/c1-20-16-23(13-14-25(20)30(31,32)33)19-36(28-34-26(40-35-28)18-22-8-4-5-9-22)15-7-11-21-10-6-12-24(17-21)39-29(2,3)27(37)38/h6,10,12-14,17,20,22H,4-5,7-9,11,15-16,18-19H2,1-3H3,(H,37,38). The maximum Gasteiger partial charge on any atom is 0.412 e. The van der Waals surface area contributed by atoms with Crippen molar-refractivity contribution in [3.63, 3.8) is 0 Å². The number of aryl methyl sites for hydroxylation is 1. The van der Waals surface area contributed by atoms with Crippen LogP contribution >= 0.6 is 0 Å². The lowest BCUT2D eigenvalue weighted by atomic mass is 9.88. The fourth-order valence-corrected chi connectivity index (χ4v) is 5.42. The van der Waals surface area contributed by atoms with Crippen molar-refractivity contribution in [1.29, 1.82) is 0 Å². The van der Waals surface area contributed by atoms with E-state index in [4.69, 9.17) is 9.26 Å². The van der Waals surface area contributed by atoms with Crippen LogP contribution in [0.1, 0.15) is 70.8 Å². The monoisotopic (exact) mass is 561 g/mol. The second-order valence-electron chi connectivity index (χ2n) is 11.5. The molecule has 0 aliphatic heterocycles. The molecule has 1 atom stereocenters. The summed E-state index contributed by atoms with van der Waals surface area (Å²) in [5.74, 6) is 0.406. The summed E-state index contributed by atoms with van der Waals surface area (Å²) in [5, 5.41) is 13.6.